The maximum atomic E-state index is 12.4. The van der Waals surface area contributed by atoms with E-state index in [9.17, 15) is 4.79 Å². The Morgan fingerprint density at radius 2 is 2.12 bits per heavy atom. The number of amides is 1. The number of aromatic nitrogens is 3. The summed E-state index contributed by atoms with van der Waals surface area (Å²) in [7, 11) is 0. The molecule has 1 aliphatic heterocycles. The summed E-state index contributed by atoms with van der Waals surface area (Å²) in [5.74, 6) is -0.0338. The molecule has 0 aromatic carbocycles. The summed E-state index contributed by atoms with van der Waals surface area (Å²) in [6, 6.07) is 1.81. The second-order valence-corrected chi connectivity index (χ2v) is 5.92. The van der Waals surface area contributed by atoms with E-state index in [1.165, 1.54) is 17.7 Å². The van der Waals surface area contributed by atoms with E-state index in [1.807, 2.05) is 6.20 Å². The predicted molar refractivity (Wildman–Crippen MR) is 95.6 cm³/mol. The van der Waals surface area contributed by atoms with Crippen molar-refractivity contribution in [1.82, 2.24) is 25.6 Å². The van der Waals surface area contributed by atoms with Crippen LogP contribution in [0.3, 0.4) is 0 Å². The smallest absolute Gasteiger partial charge is 0.243 e. The van der Waals surface area contributed by atoms with Crippen molar-refractivity contribution in [3.05, 3.63) is 46.8 Å². The van der Waals surface area contributed by atoms with Gasteiger partial charge in [-0.1, -0.05) is 6.07 Å². The molecular formula is C16H21Cl2N5O. The fraction of sp³-hybridized carbons (Fsp3) is 0.438. The van der Waals surface area contributed by atoms with Crippen LogP contribution in [0, 0.1) is 0 Å². The van der Waals surface area contributed by atoms with Crippen molar-refractivity contribution >= 4 is 30.7 Å². The lowest BCUT2D eigenvalue weighted by atomic mass is 10.0. The lowest BCUT2D eigenvalue weighted by Crippen LogP contribution is -2.41. The minimum absolute atomic E-state index is 0. The summed E-state index contributed by atoms with van der Waals surface area (Å²) in [6.45, 7) is 1.30. The summed E-state index contributed by atoms with van der Waals surface area (Å²) < 4.78 is 0. The van der Waals surface area contributed by atoms with Gasteiger partial charge in [0.05, 0.1) is 12.0 Å². The third kappa shape index (κ3) is 3.55. The average Bonchev–Trinajstić information content (AvgIpc) is 3.20. The maximum absolute atomic E-state index is 12.4. The number of carbonyl (C=O) groups excluding carboxylic acids is 1. The fourth-order valence-electron chi connectivity index (χ4n) is 3.30. The van der Waals surface area contributed by atoms with Crippen LogP contribution >= 0.6 is 24.8 Å². The number of halogens is 2. The summed E-state index contributed by atoms with van der Waals surface area (Å²) in [5, 5.41) is 6.22. The highest BCUT2D eigenvalue weighted by atomic mass is 35.5. The number of nitrogens with one attached hydrogen (secondary N) is 3. The number of H-pyrrole nitrogens is 1. The molecule has 0 fully saturated rings. The van der Waals surface area contributed by atoms with Gasteiger partial charge >= 0.3 is 0 Å². The van der Waals surface area contributed by atoms with Gasteiger partial charge in [0, 0.05) is 37.1 Å². The van der Waals surface area contributed by atoms with Crippen molar-refractivity contribution in [2.75, 3.05) is 6.54 Å². The highest BCUT2D eigenvalue weighted by molar-refractivity contribution is 5.85. The number of aromatic amines is 1. The Morgan fingerprint density at radius 1 is 1.25 bits per heavy atom. The Morgan fingerprint density at radius 3 is 3.00 bits per heavy atom. The van der Waals surface area contributed by atoms with E-state index in [0.717, 1.165) is 42.8 Å². The van der Waals surface area contributed by atoms with Crippen LogP contribution in [0.5, 0.6) is 0 Å². The molecule has 0 saturated carbocycles. The van der Waals surface area contributed by atoms with Gasteiger partial charge in [-0.2, -0.15) is 0 Å². The quantitative estimate of drug-likeness (QED) is 0.767. The van der Waals surface area contributed by atoms with Crippen LogP contribution in [0.15, 0.2) is 18.6 Å². The van der Waals surface area contributed by atoms with Crippen molar-refractivity contribution in [2.24, 2.45) is 0 Å². The van der Waals surface area contributed by atoms with Gasteiger partial charge in [-0.3, -0.25) is 9.78 Å². The standard InChI is InChI=1S/C16H19N5O.2ClH/c22-16(15-14-13(4-5-17-15)20-9-21-14)19-8-10-6-11-2-1-3-12(11)18-7-10;;/h6-7,9,15,17H,1-5,8H2,(H,19,22)(H,20,21);2*1H. The summed E-state index contributed by atoms with van der Waals surface area (Å²) in [4.78, 5) is 24.3. The van der Waals surface area contributed by atoms with Gasteiger partial charge in [0.15, 0.2) is 0 Å². The molecule has 2 aliphatic rings. The molecule has 0 saturated heterocycles. The zero-order valence-electron chi connectivity index (χ0n) is 13.2. The number of carbonyl (C=O) groups is 1. The molecule has 0 spiro atoms. The monoisotopic (exact) mass is 369 g/mol. The molecule has 130 valence electrons. The van der Waals surface area contributed by atoms with Crippen LogP contribution in [-0.2, 0) is 30.6 Å². The van der Waals surface area contributed by atoms with Crippen molar-refractivity contribution in [2.45, 2.75) is 38.3 Å². The molecule has 4 rings (SSSR count). The van der Waals surface area contributed by atoms with E-state index in [4.69, 9.17) is 0 Å². The molecule has 1 atom stereocenters. The first-order chi connectivity index (χ1) is 10.8. The zero-order valence-corrected chi connectivity index (χ0v) is 14.8. The molecule has 3 N–H and O–H groups in total. The van der Waals surface area contributed by atoms with Gasteiger partial charge in [0.1, 0.15) is 6.04 Å². The van der Waals surface area contributed by atoms with Gasteiger partial charge in [-0.15, -0.1) is 24.8 Å². The highest BCUT2D eigenvalue weighted by Gasteiger charge is 2.28. The second-order valence-electron chi connectivity index (χ2n) is 5.92. The van der Waals surface area contributed by atoms with Crippen LogP contribution in [0.1, 0.15) is 40.7 Å². The first kappa shape index (κ1) is 18.7. The van der Waals surface area contributed by atoms with E-state index in [-0.39, 0.29) is 36.8 Å². The lowest BCUT2D eigenvalue weighted by molar-refractivity contribution is -0.123. The Bertz CT molecular complexity index is 718. The zero-order chi connectivity index (χ0) is 14.9. The lowest BCUT2D eigenvalue weighted by Gasteiger charge is -2.22. The Labute approximate surface area is 153 Å². The normalized spacial score (nSPS) is 17.9. The molecule has 24 heavy (non-hydrogen) atoms. The van der Waals surface area contributed by atoms with Gasteiger partial charge in [0.25, 0.3) is 0 Å². The average molecular weight is 370 g/mol. The molecule has 0 bridgehead atoms. The molecule has 0 radical (unpaired) electrons. The number of nitrogens with zero attached hydrogens (tertiary/aromatic N) is 2. The molecule has 6 nitrogen and oxygen atoms in total. The first-order valence-corrected chi connectivity index (χ1v) is 7.81. The summed E-state index contributed by atoms with van der Waals surface area (Å²) in [5.41, 5.74) is 5.48. The number of pyridine rings is 1. The van der Waals surface area contributed by atoms with Crippen LogP contribution in [0.2, 0.25) is 0 Å². The van der Waals surface area contributed by atoms with Crippen molar-refractivity contribution in [3.63, 3.8) is 0 Å². The molecular weight excluding hydrogens is 349 g/mol. The van der Waals surface area contributed by atoms with Gasteiger partial charge in [-0.25, -0.2) is 4.98 Å². The van der Waals surface area contributed by atoms with Crippen LogP contribution in [0.4, 0.5) is 0 Å². The third-order valence-electron chi connectivity index (χ3n) is 4.45. The summed E-state index contributed by atoms with van der Waals surface area (Å²) >= 11 is 0. The maximum Gasteiger partial charge on any atom is 0.243 e. The molecule has 1 unspecified atom stereocenters. The molecule has 1 amide bonds. The van der Waals surface area contributed by atoms with Crippen LogP contribution in [-0.4, -0.2) is 27.4 Å². The summed E-state index contributed by atoms with van der Waals surface area (Å²) in [6.07, 6.45) is 7.78. The number of fused-ring (bicyclic) bond motifs is 2. The van der Waals surface area contributed by atoms with Gasteiger partial charge in [0.2, 0.25) is 5.91 Å². The van der Waals surface area contributed by atoms with Crippen molar-refractivity contribution in [3.8, 4) is 0 Å². The highest BCUT2D eigenvalue weighted by Crippen LogP contribution is 2.21. The van der Waals surface area contributed by atoms with E-state index in [2.05, 4.69) is 31.7 Å². The van der Waals surface area contributed by atoms with E-state index >= 15 is 0 Å². The Balaban J connectivity index is 0.00000104. The minimum atomic E-state index is -0.364. The number of imidazole rings is 1. The largest absolute Gasteiger partial charge is 0.350 e. The fourth-order valence-corrected chi connectivity index (χ4v) is 3.30. The SMILES string of the molecule is Cl.Cl.O=C(NCc1cnc2c(c1)CCC2)C1NCCc2[nH]cnc21. The Hall–Kier alpha value is -1.63. The van der Waals surface area contributed by atoms with Crippen LogP contribution < -0.4 is 10.6 Å². The van der Waals surface area contributed by atoms with E-state index in [1.54, 1.807) is 6.33 Å². The minimum Gasteiger partial charge on any atom is -0.350 e. The van der Waals surface area contributed by atoms with Crippen LogP contribution in [0.25, 0.3) is 0 Å². The van der Waals surface area contributed by atoms with Crippen molar-refractivity contribution < 1.29 is 4.79 Å². The third-order valence-corrected chi connectivity index (χ3v) is 4.45. The van der Waals surface area contributed by atoms with E-state index in [0.29, 0.717) is 6.54 Å². The molecule has 1 aliphatic carbocycles. The van der Waals surface area contributed by atoms with Gasteiger partial charge in [-0.05, 0) is 30.4 Å². The molecule has 8 heteroatoms. The van der Waals surface area contributed by atoms with E-state index < -0.39 is 0 Å². The molecule has 2 aromatic heterocycles. The molecule has 2 aromatic rings. The first-order valence-electron chi connectivity index (χ1n) is 7.81. The van der Waals surface area contributed by atoms with Crippen molar-refractivity contribution in [1.29, 1.82) is 0 Å². The van der Waals surface area contributed by atoms with Gasteiger partial charge < -0.3 is 15.6 Å². The number of hydrogen-bond donors (Lipinski definition) is 3. The predicted octanol–water partition coefficient (Wildman–Crippen LogP) is 1.64. The number of aryl methyl sites for hydroxylation is 2. The number of rotatable bonds is 3. The topological polar surface area (TPSA) is 82.7 Å². The molecule has 3 heterocycles. The Kier molecular flexibility index (Phi) is 6.21. The second kappa shape index (κ2) is 7.96. The number of hydrogen-bond acceptors (Lipinski definition) is 4.